The van der Waals surface area contributed by atoms with Gasteiger partial charge in [0.1, 0.15) is 5.75 Å². The first kappa shape index (κ1) is 21.8. The quantitative estimate of drug-likeness (QED) is 0.393. The zero-order valence-electron chi connectivity index (χ0n) is 17.1. The van der Waals surface area contributed by atoms with Gasteiger partial charge in [0, 0.05) is 18.0 Å². The molecule has 1 aliphatic heterocycles. The number of nitrogens with one attached hydrogen (secondary N) is 1. The maximum Gasteiger partial charge on any atom is 0.295 e. The number of quaternary nitrogens is 1. The van der Waals surface area contributed by atoms with Gasteiger partial charge in [0.15, 0.2) is 0 Å². The first-order valence-electron chi connectivity index (χ1n) is 9.73. The summed E-state index contributed by atoms with van der Waals surface area (Å²) in [5.74, 6) is -1.53. The van der Waals surface area contributed by atoms with Gasteiger partial charge < -0.3 is 19.6 Å². The van der Waals surface area contributed by atoms with Crippen LogP contribution in [0.2, 0.25) is 5.02 Å². The molecule has 1 fully saturated rings. The van der Waals surface area contributed by atoms with Crippen LogP contribution in [0.25, 0.3) is 5.76 Å². The number of halogens is 1. The van der Waals surface area contributed by atoms with Gasteiger partial charge in [0.05, 0.1) is 44.9 Å². The zero-order chi connectivity index (χ0) is 21.8. The first-order chi connectivity index (χ1) is 14.3. The Morgan fingerprint density at radius 2 is 2.07 bits per heavy atom. The Morgan fingerprint density at radius 3 is 2.67 bits per heavy atom. The molecule has 158 valence electrons. The Balaban J connectivity index is 2.10. The van der Waals surface area contributed by atoms with Gasteiger partial charge in [0.25, 0.3) is 5.91 Å². The van der Waals surface area contributed by atoms with Crippen molar-refractivity contribution in [3.63, 3.8) is 0 Å². The highest BCUT2D eigenvalue weighted by molar-refractivity contribution is 6.46. The lowest BCUT2D eigenvalue weighted by Gasteiger charge is -2.27. The molecule has 0 aliphatic carbocycles. The molecule has 1 N–H and O–H groups in total. The van der Waals surface area contributed by atoms with Gasteiger partial charge in [-0.05, 0) is 36.2 Å². The number of amides is 1. The number of likely N-dealkylation sites (tertiary alicyclic amines) is 1. The van der Waals surface area contributed by atoms with Gasteiger partial charge in [-0.2, -0.15) is 0 Å². The second-order valence-electron chi connectivity index (χ2n) is 7.29. The van der Waals surface area contributed by atoms with Gasteiger partial charge >= 0.3 is 0 Å². The van der Waals surface area contributed by atoms with Crippen LogP contribution in [0.15, 0.2) is 48.3 Å². The third-order valence-corrected chi connectivity index (χ3v) is 5.17. The lowest BCUT2D eigenvalue weighted by Crippen LogP contribution is -3.06. The fourth-order valence-corrected chi connectivity index (χ4v) is 3.63. The number of carbonyl (C=O) groups is 2. The van der Waals surface area contributed by atoms with Crippen molar-refractivity contribution in [2.75, 3.05) is 33.8 Å². The molecule has 1 amide bonds. The average Bonchev–Trinajstić information content (AvgIpc) is 2.98. The van der Waals surface area contributed by atoms with E-state index in [1.807, 2.05) is 21.0 Å². The van der Waals surface area contributed by atoms with Crippen LogP contribution in [0.3, 0.4) is 0 Å². The lowest BCUT2D eigenvalue weighted by atomic mass is 9.96. The highest BCUT2D eigenvalue weighted by Gasteiger charge is 2.44. The van der Waals surface area contributed by atoms with Gasteiger partial charge in [-0.3, -0.25) is 14.6 Å². The highest BCUT2D eigenvalue weighted by atomic mass is 35.5. The fraction of sp³-hybridized carbons (Fsp3) is 0.318. The molecule has 2 aromatic rings. The molecule has 2 heterocycles. The Kier molecular flexibility index (Phi) is 6.74. The number of ether oxygens (including phenoxy) is 1. The third kappa shape index (κ3) is 4.32. The standard InChI is InChI=1S/C22H24ClN3O4/c1-4-30-17-8-7-14(12-16(17)23)20(27)18-19(15-6-5-9-24-13-15)26(11-10-25(2)3)22(29)21(18)28/h5-9,12-13,19,27H,4,10-11H2,1-3H3. The molecule has 30 heavy (non-hydrogen) atoms. The number of Topliss-reactive ketones (excluding diaryl/α,β-unsaturated/α-hetero) is 1. The van der Waals surface area contributed by atoms with Crippen molar-refractivity contribution in [2.45, 2.75) is 13.0 Å². The highest BCUT2D eigenvalue weighted by Crippen LogP contribution is 2.38. The van der Waals surface area contributed by atoms with E-state index in [2.05, 4.69) is 4.98 Å². The van der Waals surface area contributed by atoms with Gasteiger partial charge in [-0.25, -0.2) is 0 Å². The van der Waals surface area contributed by atoms with Crippen LogP contribution in [-0.2, 0) is 9.59 Å². The van der Waals surface area contributed by atoms with Crippen LogP contribution >= 0.6 is 11.6 Å². The summed E-state index contributed by atoms with van der Waals surface area (Å²) < 4.78 is 5.41. The minimum absolute atomic E-state index is 0.0815. The summed E-state index contributed by atoms with van der Waals surface area (Å²) in [5.41, 5.74) is 0.765. The van der Waals surface area contributed by atoms with Crippen LogP contribution in [0, 0.1) is 0 Å². The van der Waals surface area contributed by atoms with Crippen molar-refractivity contribution in [3.8, 4) is 5.75 Å². The van der Waals surface area contributed by atoms with Gasteiger partial charge in [-0.1, -0.05) is 29.5 Å². The Hall–Kier alpha value is -2.90. The number of rotatable bonds is 7. The van der Waals surface area contributed by atoms with Crippen LogP contribution < -0.4 is 14.7 Å². The van der Waals surface area contributed by atoms with E-state index in [9.17, 15) is 14.7 Å². The minimum atomic E-state index is -0.785. The maximum atomic E-state index is 13.3. The van der Waals surface area contributed by atoms with Crippen molar-refractivity contribution >= 4 is 29.1 Å². The van der Waals surface area contributed by atoms with Crippen LogP contribution in [0.4, 0.5) is 0 Å². The number of pyridine rings is 1. The fourth-order valence-electron chi connectivity index (χ4n) is 3.40. The molecular formula is C22H24ClN3O4. The number of hydrogen-bond donors (Lipinski definition) is 1. The predicted octanol–water partition coefficient (Wildman–Crippen LogP) is 0.502. The number of aromatic nitrogens is 1. The molecule has 1 unspecified atom stereocenters. The number of likely N-dealkylation sites (N-methyl/N-ethyl adjacent to an activating group) is 1. The van der Waals surface area contributed by atoms with Gasteiger partial charge in [0.2, 0.25) is 5.78 Å². The van der Waals surface area contributed by atoms with Crippen molar-refractivity contribution in [3.05, 3.63) is 64.4 Å². The summed E-state index contributed by atoms with van der Waals surface area (Å²) in [6.07, 6.45) is 3.18. The molecule has 0 bridgehead atoms. The number of benzene rings is 1. The summed E-state index contributed by atoms with van der Waals surface area (Å²) in [4.78, 5) is 32.3. The lowest BCUT2D eigenvalue weighted by molar-refractivity contribution is -0.857. The summed E-state index contributed by atoms with van der Waals surface area (Å²) in [7, 11) is 3.91. The van der Waals surface area contributed by atoms with E-state index in [0.717, 1.165) is 4.90 Å². The summed E-state index contributed by atoms with van der Waals surface area (Å²) in [5, 5.41) is 13.6. The monoisotopic (exact) mass is 429 g/mol. The molecule has 0 radical (unpaired) electrons. The second-order valence-corrected chi connectivity index (χ2v) is 7.70. The molecule has 1 atom stereocenters. The van der Waals surface area contributed by atoms with E-state index in [-0.39, 0.29) is 16.2 Å². The molecule has 0 spiro atoms. The normalized spacial score (nSPS) is 18.3. The zero-order valence-corrected chi connectivity index (χ0v) is 17.9. The molecule has 7 nitrogen and oxygen atoms in total. The number of nitrogens with zero attached hydrogens (tertiary/aromatic N) is 2. The molecular weight excluding hydrogens is 406 g/mol. The van der Waals surface area contributed by atoms with E-state index in [4.69, 9.17) is 16.3 Å². The molecule has 1 aliphatic rings. The minimum Gasteiger partial charge on any atom is -0.872 e. The van der Waals surface area contributed by atoms with E-state index < -0.39 is 23.5 Å². The molecule has 0 saturated carbocycles. The summed E-state index contributed by atoms with van der Waals surface area (Å²) in [6, 6.07) is 7.30. The van der Waals surface area contributed by atoms with Crippen LogP contribution in [0.1, 0.15) is 24.1 Å². The first-order valence-corrected chi connectivity index (χ1v) is 10.1. The van der Waals surface area contributed by atoms with Crippen molar-refractivity contribution < 1.29 is 24.3 Å². The maximum absolute atomic E-state index is 13.3. The Morgan fingerprint density at radius 1 is 1.30 bits per heavy atom. The van der Waals surface area contributed by atoms with E-state index >= 15 is 0 Å². The van der Waals surface area contributed by atoms with E-state index in [0.29, 0.717) is 31.0 Å². The van der Waals surface area contributed by atoms with E-state index in [1.165, 1.54) is 11.0 Å². The molecule has 1 aromatic carbocycles. The van der Waals surface area contributed by atoms with Crippen molar-refractivity contribution in [1.82, 2.24) is 9.88 Å². The van der Waals surface area contributed by atoms with Crippen molar-refractivity contribution in [1.29, 1.82) is 0 Å². The predicted molar refractivity (Wildman–Crippen MR) is 111 cm³/mol. The topological polar surface area (TPSA) is 87.0 Å². The smallest absolute Gasteiger partial charge is 0.295 e. The van der Waals surface area contributed by atoms with Crippen LogP contribution in [-0.4, -0.2) is 55.4 Å². The second kappa shape index (κ2) is 9.28. The van der Waals surface area contributed by atoms with E-state index in [1.54, 1.807) is 36.7 Å². The van der Waals surface area contributed by atoms with Crippen molar-refractivity contribution in [2.24, 2.45) is 0 Å². The summed E-state index contributed by atoms with van der Waals surface area (Å²) >= 11 is 6.23. The largest absolute Gasteiger partial charge is 0.872 e. The molecule has 8 heteroatoms. The van der Waals surface area contributed by atoms with Crippen LogP contribution in [0.5, 0.6) is 5.75 Å². The molecule has 1 aromatic heterocycles. The number of hydrogen-bond acceptors (Lipinski definition) is 5. The number of ketones is 1. The van der Waals surface area contributed by atoms with Gasteiger partial charge in [-0.15, -0.1) is 0 Å². The Labute approximate surface area is 180 Å². The molecule has 1 saturated heterocycles. The summed E-state index contributed by atoms with van der Waals surface area (Å²) in [6.45, 7) is 3.24. The molecule has 3 rings (SSSR count). The Bertz CT molecular complexity index is 976. The number of carbonyl (C=O) groups excluding carboxylic acids is 2. The SMILES string of the molecule is CCOc1ccc(C([O-])=C2C(=O)C(=O)N(CC[NH+](C)C)C2c2cccnc2)cc1Cl. The average molecular weight is 430 g/mol. The third-order valence-electron chi connectivity index (χ3n) is 4.88.